The van der Waals surface area contributed by atoms with Crippen molar-refractivity contribution in [2.24, 2.45) is 0 Å². The molecule has 3 N–H and O–H groups in total. The summed E-state index contributed by atoms with van der Waals surface area (Å²) in [6.07, 6.45) is 3.33. The molecule has 1 unspecified atom stereocenters. The first-order chi connectivity index (χ1) is 10.1. The topological polar surface area (TPSA) is 73.1 Å². The molecule has 6 heteroatoms. The second kappa shape index (κ2) is 7.26. The molecule has 5 nitrogen and oxygen atoms in total. The Morgan fingerprint density at radius 1 is 1.38 bits per heavy atom. The van der Waals surface area contributed by atoms with Crippen LogP contribution in [0.3, 0.4) is 0 Å². The highest BCUT2D eigenvalue weighted by atomic mass is 32.1. The summed E-state index contributed by atoms with van der Waals surface area (Å²) in [6.45, 7) is 6.88. The molecule has 0 saturated carbocycles. The third kappa shape index (κ3) is 4.32. The number of aryl methyl sites for hydroxylation is 1. The number of thiophene rings is 1. The predicted molar refractivity (Wildman–Crippen MR) is 88.1 cm³/mol. The van der Waals surface area contributed by atoms with Gasteiger partial charge in [0, 0.05) is 22.2 Å². The van der Waals surface area contributed by atoms with Crippen molar-refractivity contribution < 1.29 is 4.74 Å². The zero-order chi connectivity index (χ0) is 15.2. The fraction of sp³-hybridized carbons (Fsp3) is 0.467. The Morgan fingerprint density at radius 3 is 2.86 bits per heavy atom. The average molecular weight is 306 g/mol. The van der Waals surface area contributed by atoms with Crippen LogP contribution in [0, 0.1) is 6.92 Å². The van der Waals surface area contributed by atoms with Gasteiger partial charge in [-0.25, -0.2) is 4.98 Å². The van der Waals surface area contributed by atoms with E-state index in [4.69, 9.17) is 10.5 Å². The fourth-order valence-electron chi connectivity index (χ4n) is 1.99. The summed E-state index contributed by atoms with van der Waals surface area (Å²) in [5.74, 6) is 1.09. The van der Waals surface area contributed by atoms with Gasteiger partial charge in [0.05, 0.1) is 6.61 Å². The third-order valence-electron chi connectivity index (χ3n) is 2.98. The van der Waals surface area contributed by atoms with Crippen molar-refractivity contribution in [1.29, 1.82) is 0 Å². The number of nitrogens with zero attached hydrogens (tertiary/aromatic N) is 2. The van der Waals surface area contributed by atoms with E-state index < -0.39 is 0 Å². The molecule has 0 fully saturated rings. The van der Waals surface area contributed by atoms with Crippen LogP contribution in [0.4, 0.5) is 11.5 Å². The molecule has 0 spiro atoms. The first-order valence-corrected chi connectivity index (χ1v) is 7.97. The maximum atomic E-state index is 6.06. The van der Waals surface area contributed by atoms with Gasteiger partial charge >= 0.3 is 0 Å². The Morgan fingerprint density at radius 2 is 2.19 bits per heavy atom. The lowest BCUT2D eigenvalue weighted by molar-refractivity contribution is 0.306. The quantitative estimate of drug-likeness (QED) is 0.821. The number of anilines is 2. The second-order valence-electron chi connectivity index (χ2n) is 5.05. The number of hydrogen-bond donors (Lipinski definition) is 2. The fourth-order valence-corrected chi connectivity index (χ4v) is 3.01. The molecule has 2 rings (SSSR count). The summed E-state index contributed by atoms with van der Waals surface area (Å²) < 4.78 is 5.52. The molecule has 2 heterocycles. The Hall–Kier alpha value is -1.82. The monoisotopic (exact) mass is 306 g/mol. The van der Waals surface area contributed by atoms with Crippen LogP contribution in [-0.4, -0.2) is 22.6 Å². The smallest absolute Gasteiger partial charge is 0.242 e. The summed E-state index contributed by atoms with van der Waals surface area (Å²) >= 11 is 1.82. The van der Waals surface area contributed by atoms with Crippen LogP contribution >= 0.6 is 11.3 Å². The molecule has 0 aromatic carbocycles. The highest BCUT2D eigenvalue weighted by molar-refractivity contribution is 7.11. The standard InChI is InChI=1S/C15H22N4OS/c1-4-7-20-15-13(16)14(17-9-18-15)19-10(2)8-12-6-5-11(3)21-12/h5-6,9-10H,4,7-8,16H2,1-3H3,(H,17,18,19). The van der Waals surface area contributed by atoms with Gasteiger partial charge in [-0.3, -0.25) is 0 Å². The molecule has 0 radical (unpaired) electrons. The number of nitrogen functional groups attached to an aromatic ring is 1. The van der Waals surface area contributed by atoms with Crippen LogP contribution in [0.15, 0.2) is 18.5 Å². The number of hydrogen-bond acceptors (Lipinski definition) is 6. The second-order valence-corrected chi connectivity index (χ2v) is 6.42. The molecule has 21 heavy (non-hydrogen) atoms. The SMILES string of the molecule is CCCOc1ncnc(NC(C)Cc2ccc(C)s2)c1N. The van der Waals surface area contributed by atoms with E-state index in [1.54, 1.807) is 0 Å². The molecule has 2 aromatic rings. The van der Waals surface area contributed by atoms with Gasteiger partial charge in [0.1, 0.15) is 12.0 Å². The highest BCUT2D eigenvalue weighted by Gasteiger charge is 2.12. The lowest BCUT2D eigenvalue weighted by Gasteiger charge is -2.16. The van der Waals surface area contributed by atoms with Crippen LogP contribution in [0.5, 0.6) is 5.88 Å². The van der Waals surface area contributed by atoms with Gasteiger partial charge in [0.15, 0.2) is 5.82 Å². The zero-order valence-electron chi connectivity index (χ0n) is 12.7. The molecule has 0 amide bonds. The lowest BCUT2D eigenvalue weighted by atomic mass is 10.2. The number of ether oxygens (including phenoxy) is 1. The van der Waals surface area contributed by atoms with E-state index in [-0.39, 0.29) is 6.04 Å². The number of aromatic nitrogens is 2. The van der Waals surface area contributed by atoms with Crippen molar-refractivity contribution in [3.8, 4) is 5.88 Å². The molecule has 0 bridgehead atoms. The van der Waals surface area contributed by atoms with Crippen LogP contribution in [0.2, 0.25) is 0 Å². The number of rotatable bonds is 7. The van der Waals surface area contributed by atoms with E-state index >= 15 is 0 Å². The molecular weight excluding hydrogens is 284 g/mol. The number of nitrogens with two attached hydrogens (primary N) is 1. The van der Waals surface area contributed by atoms with Crippen LogP contribution in [0.1, 0.15) is 30.0 Å². The van der Waals surface area contributed by atoms with E-state index in [1.165, 1.54) is 16.1 Å². The van der Waals surface area contributed by atoms with Gasteiger partial charge in [-0.15, -0.1) is 11.3 Å². The van der Waals surface area contributed by atoms with Gasteiger partial charge in [0.25, 0.3) is 0 Å². The maximum Gasteiger partial charge on any atom is 0.242 e. The van der Waals surface area contributed by atoms with E-state index in [1.807, 2.05) is 18.3 Å². The summed E-state index contributed by atoms with van der Waals surface area (Å²) in [5, 5.41) is 3.34. The first-order valence-electron chi connectivity index (χ1n) is 7.15. The summed E-state index contributed by atoms with van der Waals surface area (Å²) in [6, 6.07) is 4.54. The van der Waals surface area contributed by atoms with E-state index in [0.29, 0.717) is 24.0 Å². The zero-order valence-corrected chi connectivity index (χ0v) is 13.5. The molecule has 1 atom stereocenters. The Labute approximate surface area is 129 Å². The van der Waals surface area contributed by atoms with Crippen molar-refractivity contribution in [3.05, 3.63) is 28.2 Å². The van der Waals surface area contributed by atoms with Crippen molar-refractivity contribution in [2.75, 3.05) is 17.7 Å². The molecule has 0 aliphatic heterocycles. The third-order valence-corrected chi connectivity index (χ3v) is 4.00. The van der Waals surface area contributed by atoms with Gasteiger partial charge in [0.2, 0.25) is 5.88 Å². The van der Waals surface area contributed by atoms with Crippen molar-refractivity contribution in [1.82, 2.24) is 9.97 Å². The Kier molecular flexibility index (Phi) is 5.38. The lowest BCUT2D eigenvalue weighted by Crippen LogP contribution is -2.20. The Bertz CT molecular complexity index is 585. The Balaban J connectivity index is 2.01. The molecular formula is C15H22N4OS. The molecule has 0 aliphatic rings. The molecule has 0 saturated heterocycles. The largest absolute Gasteiger partial charge is 0.476 e. The van der Waals surface area contributed by atoms with Crippen LogP contribution < -0.4 is 15.8 Å². The minimum absolute atomic E-state index is 0.235. The van der Waals surface area contributed by atoms with Crippen LogP contribution in [0.25, 0.3) is 0 Å². The number of nitrogens with one attached hydrogen (secondary N) is 1. The van der Waals surface area contributed by atoms with Gasteiger partial charge in [-0.05, 0) is 32.4 Å². The summed E-state index contributed by atoms with van der Waals surface area (Å²) in [5.41, 5.74) is 6.53. The van der Waals surface area contributed by atoms with Crippen molar-refractivity contribution >= 4 is 22.8 Å². The normalized spacial score (nSPS) is 12.1. The van der Waals surface area contributed by atoms with Gasteiger partial charge in [-0.1, -0.05) is 6.92 Å². The van der Waals surface area contributed by atoms with Gasteiger partial charge < -0.3 is 15.8 Å². The van der Waals surface area contributed by atoms with E-state index in [9.17, 15) is 0 Å². The maximum absolute atomic E-state index is 6.06. The predicted octanol–water partition coefficient (Wildman–Crippen LogP) is 3.26. The summed E-state index contributed by atoms with van der Waals surface area (Å²) in [4.78, 5) is 11.0. The first kappa shape index (κ1) is 15.6. The van der Waals surface area contributed by atoms with E-state index in [2.05, 4.69) is 41.3 Å². The highest BCUT2D eigenvalue weighted by Crippen LogP contribution is 2.26. The van der Waals surface area contributed by atoms with Crippen molar-refractivity contribution in [3.63, 3.8) is 0 Å². The average Bonchev–Trinajstić information content (AvgIpc) is 2.85. The summed E-state index contributed by atoms with van der Waals surface area (Å²) in [7, 11) is 0. The minimum atomic E-state index is 0.235. The van der Waals surface area contributed by atoms with Gasteiger partial charge in [-0.2, -0.15) is 4.98 Å². The molecule has 2 aromatic heterocycles. The molecule has 114 valence electrons. The van der Waals surface area contributed by atoms with E-state index in [0.717, 1.165) is 12.8 Å². The van der Waals surface area contributed by atoms with Crippen molar-refractivity contribution in [2.45, 2.75) is 39.7 Å². The minimum Gasteiger partial charge on any atom is -0.476 e. The van der Waals surface area contributed by atoms with Crippen LogP contribution in [-0.2, 0) is 6.42 Å². The molecule has 0 aliphatic carbocycles.